The third-order valence-corrected chi connectivity index (χ3v) is 3.64. The SMILES string of the molecule is COC(=O)c1ccc(NC(=O)CNCc2ccc3c(c2)OCO3)cc1. The van der Waals surface area contributed by atoms with E-state index >= 15 is 0 Å². The van der Waals surface area contributed by atoms with Crippen LogP contribution in [-0.2, 0) is 16.1 Å². The third kappa shape index (κ3) is 4.27. The number of rotatable bonds is 6. The first kappa shape index (κ1) is 16.8. The normalized spacial score (nSPS) is 11.9. The Balaban J connectivity index is 1.46. The molecule has 0 aliphatic carbocycles. The molecule has 0 atom stereocenters. The zero-order valence-corrected chi connectivity index (χ0v) is 13.7. The number of hydrogen-bond acceptors (Lipinski definition) is 6. The zero-order chi connectivity index (χ0) is 17.6. The third-order valence-electron chi connectivity index (χ3n) is 3.64. The van der Waals surface area contributed by atoms with Crippen LogP contribution in [0.15, 0.2) is 42.5 Å². The molecule has 0 aromatic heterocycles. The Bertz CT molecular complexity index is 774. The molecule has 0 spiro atoms. The molecule has 0 radical (unpaired) electrons. The van der Waals surface area contributed by atoms with Crippen LogP contribution in [0.5, 0.6) is 11.5 Å². The van der Waals surface area contributed by atoms with Crippen molar-refractivity contribution < 1.29 is 23.8 Å². The van der Waals surface area contributed by atoms with Gasteiger partial charge in [-0.2, -0.15) is 0 Å². The molecule has 1 amide bonds. The van der Waals surface area contributed by atoms with E-state index in [2.05, 4.69) is 15.4 Å². The summed E-state index contributed by atoms with van der Waals surface area (Å²) in [7, 11) is 1.32. The number of benzene rings is 2. The average Bonchev–Trinajstić information content (AvgIpc) is 3.09. The van der Waals surface area contributed by atoms with E-state index in [4.69, 9.17) is 9.47 Å². The molecule has 7 nitrogen and oxygen atoms in total. The lowest BCUT2D eigenvalue weighted by atomic mass is 10.2. The Morgan fingerprint density at radius 2 is 1.84 bits per heavy atom. The summed E-state index contributed by atoms with van der Waals surface area (Å²) in [5, 5.41) is 5.82. The first-order chi connectivity index (χ1) is 12.2. The van der Waals surface area contributed by atoms with Crippen LogP contribution in [0, 0.1) is 0 Å². The van der Waals surface area contributed by atoms with E-state index in [1.807, 2.05) is 18.2 Å². The van der Waals surface area contributed by atoms with Gasteiger partial charge in [-0.15, -0.1) is 0 Å². The number of carbonyl (C=O) groups is 2. The van der Waals surface area contributed by atoms with Crippen LogP contribution >= 0.6 is 0 Å². The van der Waals surface area contributed by atoms with Crippen LogP contribution in [0.4, 0.5) is 5.69 Å². The number of anilines is 1. The molecule has 1 heterocycles. The minimum atomic E-state index is -0.414. The van der Waals surface area contributed by atoms with Crippen molar-refractivity contribution in [3.63, 3.8) is 0 Å². The van der Waals surface area contributed by atoms with Gasteiger partial charge in [-0.05, 0) is 42.0 Å². The molecule has 2 aromatic rings. The van der Waals surface area contributed by atoms with Gasteiger partial charge in [0.2, 0.25) is 12.7 Å². The molecule has 3 rings (SSSR count). The van der Waals surface area contributed by atoms with Gasteiger partial charge in [-0.25, -0.2) is 4.79 Å². The lowest BCUT2D eigenvalue weighted by Crippen LogP contribution is -2.27. The molecule has 2 aromatic carbocycles. The highest BCUT2D eigenvalue weighted by atomic mass is 16.7. The molecular weight excluding hydrogens is 324 g/mol. The van der Waals surface area contributed by atoms with Crippen LogP contribution in [0.1, 0.15) is 15.9 Å². The van der Waals surface area contributed by atoms with Crippen LogP contribution in [0.25, 0.3) is 0 Å². The molecular formula is C18H18N2O5. The van der Waals surface area contributed by atoms with E-state index < -0.39 is 5.97 Å². The summed E-state index contributed by atoms with van der Waals surface area (Å²) in [5.41, 5.74) is 2.04. The maximum atomic E-state index is 12.0. The van der Waals surface area contributed by atoms with Gasteiger partial charge in [0.05, 0.1) is 19.2 Å². The minimum Gasteiger partial charge on any atom is -0.465 e. The summed E-state index contributed by atoms with van der Waals surface area (Å²) in [6, 6.07) is 12.2. The van der Waals surface area contributed by atoms with Crippen molar-refractivity contribution in [1.29, 1.82) is 0 Å². The lowest BCUT2D eigenvalue weighted by molar-refractivity contribution is -0.115. The number of nitrogens with one attached hydrogen (secondary N) is 2. The number of fused-ring (bicyclic) bond motifs is 1. The van der Waals surface area contributed by atoms with Crippen LogP contribution in [0.3, 0.4) is 0 Å². The van der Waals surface area contributed by atoms with Crippen LogP contribution in [-0.4, -0.2) is 32.3 Å². The van der Waals surface area contributed by atoms with E-state index in [1.165, 1.54) is 7.11 Å². The molecule has 1 aliphatic heterocycles. The number of esters is 1. The first-order valence-corrected chi connectivity index (χ1v) is 7.73. The predicted octanol–water partition coefficient (Wildman–Crippen LogP) is 1.93. The number of methoxy groups -OCH3 is 1. The van der Waals surface area contributed by atoms with E-state index in [0.29, 0.717) is 17.8 Å². The van der Waals surface area contributed by atoms with Gasteiger partial charge >= 0.3 is 5.97 Å². The minimum absolute atomic E-state index is 0.160. The molecule has 0 fully saturated rings. The van der Waals surface area contributed by atoms with Gasteiger partial charge in [0.15, 0.2) is 11.5 Å². The fourth-order valence-corrected chi connectivity index (χ4v) is 2.38. The molecule has 7 heteroatoms. The fourth-order valence-electron chi connectivity index (χ4n) is 2.38. The van der Waals surface area contributed by atoms with Crippen molar-refractivity contribution >= 4 is 17.6 Å². The van der Waals surface area contributed by atoms with Crippen molar-refractivity contribution in [3.8, 4) is 11.5 Å². The Labute approximate surface area is 144 Å². The van der Waals surface area contributed by atoms with E-state index in [0.717, 1.165) is 17.1 Å². The van der Waals surface area contributed by atoms with E-state index in [1.54, 1.807) is 24.3 Å². The van der Waals surface area contributed by atoms with Crippen molar-refractivity contribution in [2.75, 3.05) is 25.8 Å². The summed E-state index contributed by atoms with van der Waals surface area (Å²) >= 11 is 0. The topological polar surface area (TPSA) is 85.9 Å². The predicted molar refractivity (Wildman–Crippen MR) is 90.7 cm³/mol. The van der Waals surface area contributed by atoms with Crippen molar-refractivity contribution in [3.05, 3.63) is 53.6 Å². The molecule has 0 saturated carbocycles. The second-order valence-corrected chi connectivity index (χ2v) is 5.41. The Morgan fingerprint density at radius 3 is 2.60 bits per heavy atom. The summed E-state index contributed by atoms with van der Waals surface area (Å²) in [4.78, 5) is 23.3. The Kier molecular flexibility index (Phi) is 5.15. The van der Waals surface area contributed by atoms with Gasteiger partial charge in [0, 0.05) is 12.2 Å². The largest absolute Gasteiger partial charge is 0.465 e. The zero-order valence-electron chi connectivity index (χ0n) is 13.7. The van der Waals surface area contributed by atoms with Crippen molar-refractivity contribution in [1.82, 2.24) is 5.32 Å². The van der Waals surface area contributed by atoms with Gasteiger partial charge in [0.25, 0.3) is 0 Å². The van der Waals surface area contributed by atoms with Gasteiger partial charge in [-0.3, -0.25) is 4.79 Å². The van der Waals surface area contributed by atoms with E-state index in [9.17, 15) is 9.59 Å². The highest BCUT2D eigenvalue weighted by Crippen LogP contribution is 2.32. The molecule has 0 bridgehead atoms. The highest BCUT2D eigenvalue weighted by molar-refractivity contribution is 5.93. The second kappa shape index (κ2) is 7.67. The van der Waals surface area contributed by atoms with Gasteiger partial charge < -0.3 is 24.8 Å². The molecule has 0 unspecified atom stereocenters. The highest BCUT2D eigenvalue weighted by Gasteiger charge is 2.13. The number of amides is 1. The van der Waals surface area contributed by atoms with Gasteiger partial charge in [-0.1, -0.05) is 6.07 Å². The summed E-state index contributed by atoms with van der Waals surface area (Å²) in [5.74, 6) is 0.862. The van der Waals surface area contributed by atoms with Crippen molar-refractivity contribution in [2.45, 2.75) is 6.54 Å². The Morgan fingerprint density at radius 1 is 1.08 bits per heavy atom. The van der Waals surface area contributed by atoms with Crippen molar-refractivity contribution in [2.24, 2.45) is 0 Å². The standard InChI is InChI=1S/C18H18N2O5/c1-23-18(22)13-3-5-14(6-4-13)20-17(21)10-19-9-12-2-7-15-16(8-12)25-11-24-15/h2-8,19H,9-11H2,1H3,(H,20,21). The molecule has 25 heavy (non-hydrogen) atoms. The molecule has 2 N–H and O–H groups in total. The monoisotopic (exact) mass is 342 g/mol. The van der Waals surface area contributed by atoms with Crippen LogP contribution < -0.4 is 20.1 Å². The second-order valence-electron chi connectivity index (χ2n) is 5.41. The average molecular weight is 342 g/mol. The maximum absolute atomic E-state index is 12.0. The first-order valence-electron chi connectivity index (χ1n) is 7.73. The quantitative estimate of drug-likeness (QED) is 0.780. The lowest BCUT2D eigenvalue weighted by Gasteiger charge is -2.08. The smallest absolute Gasteiger partial charge is 0.337 e. The van der Waals surface area contributed by atoms with Gasteiger partial charge in [0.1, 0.15) is 0 Å². The summed E-state index contributed by atoms with van der Waals surface area (Å²) in [6.45, 7) is 0.932. The number of ether oxygens (including phenoxy) is 3. The summed E-state index contributed by atoms with van der Waals surface area (Å²) in [6.07, 6.45) is 0. The Hall–Kier alpha value is -3.06. The number of hydrogen-bond donors (Lipinski definition) is 2. The fraction of sp³-hybridized carbons (Fsp3) is 0.222. The molecule has 1 aliphatic rings. The summed E-state index contributed by atoms with van der Waals surface area (Å²) < 4.78 is 15.2. The maximum Gasteiger partial charge on any atom is 0.337 e. The number of carbonyl (C=O) groups excluding carboxylic acids is 2. The van der Waals surface area contributed by atoms with E-state index in [-0.39, 0.29) is 19.2 Å². The molecule has 130 valence electrons. The molecule has 0 saturated heterocycles. The van der Waals surface area contributed by atoms with Crippen LogP contribution in [0.2, 0.25) is 0 Å².